The SMILES string of the molecule is C[C@@H](CNc1cc(C(N)=O)c2ccccc2n1)N1CCOCC1. The van der Waals surface area contributed by atoms with Crippen molar-refractivity contribution in [3.63, 3.8) is 0 Å². The largest absolute Gasteiger partial charge is 0.379 e. The van der Waals surface area contributed by atoms with Crippen molar-refractivity contribution in [2.24, 2.45) is 5.73 Å². The number of fused-ring (bicyclic) bond motifs is 1. The summed E-state index contributed by atoms with van der Waals surface area (Å²) in [5.74, 6) is 0.241. The summed E-state index contributed by atoms with van der Waals surface area (Å²) in [5, 5.41) is 4.11. The van der Waals surface area contributed by atoms with Gasteiger partial charge in [0.2, 0.25) is 5.91 Å². The van der Waals surface area contributed by atoms with E-state index >= 15 is 0 Å². The van der Waals surface area contributed by atoms with Crippen LogP contribution in [0.2, 0.25) is 0 Å². The van der Waals surface area contributed by atoms with Crippen LogP contribution in [0.3, 0.4) is 0 Å². The Kier molecular flexibility index (Phi) is 4.73. The molecule has 0 saturated carbocycles. The summed E-state index contributed by atoms with van der Waals surface area (Å²) in [7, 11) is 0. The third kappa shape index (κ3) is 3.60. The van der Waals surface area contributed by atoms with Gasteiger partial charge in [0, 0.05) is 31.1 Å². The zero-order chi connectivity index (χ0) is 16.2. The highest BCUT2D eigenvalue weighted by Crippen LogP contribution is 2.20. The summed E-state index contributed by atoms with van der Waals surface area (Å²) < 4.78 is 5.38. The number of nitrogens with two attached hydrogens (primary N) is 1. The number of nitrogens with one attached hydrogen (secondary N) is 1. The van der Waals surface area contributed by atoms with Gasteiger partial charge >= 0.3 is 0 Å². The lowest BCUT2D eigenvalue weighted by atomic mass is 10.1. The maximum absolute atomic E-state index is 11.7. The normalized spacial score (nSPS) is 17.1. The van der Waals surface area contributed by atoms with E-state index in [1.54, 1.807) is 6.07 Å². The van der Waals surface area contributed by atoms with Crippen LogP contribution in [0.25, 0.3) is 10.9 Å². The number of ether oxygens (including phenoxy) is 1. The van der Waals surface area contributed by atoms with Crippen molar-refractivity contribution >= 4 is 22.6 Å². The molecule has 1 fully saturated rings. The second kappa shape index (κ2) is 6.93. The number of nitrogens with zero attached hydrogens (tertiary/aromatic N) is 2. The number of morpholine rings is 1. The average Bonchev–Trinajstić information content (AvgIpc) is 2.59. The van der Waals surface area contributed by atoms with E-state index in [4.69, 9.17) is 10.5 Å². The molecule has 0 radical (unpaired) electrons. The van der Waals surface area contributed by atoms with Crippen LogP contribution in [-0.2, 0) is 4.74 Å². The molecule has 1 amide bonds. The number of carbonyl (C=O) groups is 1. The molecule has 2 aromatic rings. The highest BCUT2D eigenvalue weighted by Gasteiger charge is 2.17. The quantitative estimate of drug-likeness (QED) is 0.873. The molecule has 1 aliphatic rings. The fraction of sp³-hybridized carbons (Fsp3) is 0.412. The van der Waals surface area contributed by atoms with Crippen LogP contribution in [0.4, 0.5) is 5.82 Å². The number of benzene rings is 1. The van der Waals surface area contributed by atoms with Crippen LogP contribution >= 0.6 is 0 Å². The van der Waals surface area contributed by atoms with E-state index < -0.39 is 5.91 Å². The zero-order valence-electron chi connectivity index (χ0n) is 13.3. The van der Waals surface area contributed by atoms with Crippen molar-refractivity contribution in [3.05, 3.63) is 35.9 Å². The van der Waals surface area contributed by atoms with E-state index in [2.05, 4.69) is 22.1 Å². The van der Waals surface area contributed by atoms with E-state index in [9.17, 15) is 4.79 Å². The molecule has 2 heterocycles. The number of primary amides is 1. The molecule has 122 valence electrons. The molecule has 1 saturated heterocycles. The molecule has 1 aromatic heterocycles. The van der Waals surface area contributed by atoms with Gasteiger partial charge in [0.25, 0.3) is 0 Å². The van der Waals surface area contributed by atoms with Crippen LogP contribution in [0.1, 0.15) is 17.3 Å². The lowest BCUT2D eigenvalue weighted by molar-refractivity contribution is 0.0227. The number of para-hydroxylation sites is 1. The second-order valence-corrected chi connectivity index (χ2v) is 5.81. The standard InChI is InChI=1S/C17H22N4O2/c1-12(21-6-8-23-9-7-21)11-19-16-10-14(17(18)22)13-4-2-3-5-15(13)20-16/h2-5,10,12H,6-9,11H2,1H3,(H2,18,22)(H,19,20)/t12-/m0/s1. The van der Waals surface area contributed by atoms with Gasteiger partial charge in [-0.15, -0.1) is 0 Å². The minimum absolute atomic E-state index is 0.365. The summed E-state index contributed by atoms with van der Waals surface area (Å²) in [6.45, 7) is 6.38. The highest BCUT2D eigenvalue weighted by molar-refractivity contribution is 6.06. The van der Waals surface area contributed by atoms with Crippen LogP contribution < -0.4 is 11.1 Å². The molecule has 6 nitrogen and oxygen atoms in total. The summed E-state index contributed by atoms with van der Waals surface area (Å²) in [5.41, 5.74) is 6.77. The summed E-state index contributed by atoms with van der Waals surface area (Å²) in [6, 6.07) is 9.63. The van der Waals surface area contributed by atoms with Gasteiger partial charge < -0.3 is 15.8 Å². The summed E-state index contributed by atoms with van der Waals surface area (Å²) in [6.07, 6.45) is 0. The maximum atomic E-state index is 11.7. The molecular weight excluding hydrogens is 292 g/mol. The number of aromatic nitrogens is 1. The van der Waals surface area contributed by atoms with E-state index in [0.717, 1.165) is 43.8 Å². The number of anilines is 1. The van der Waals surface area contributed by atoms with E-state index in [1.807, 2.05) is 24.3 Å². The predicted molar refractivity (Wildman–Crippen MR) is 90.6 cm³/mol. The van der Waals surface area contributed by atoms with Crippen molar-refractivity contribution in [3.8, 4) is 0 Å². The minimum Gasteiger partial charge on any atom is -0.379 e. The Morgan fingerprint density at radius 3 is 2.87 bits per heavy atom. The van der Waals surface area contributed by atoms with Crippen molar-refractivity contribution in [1.29, 1.82) is 0 Å². The molecule has 3 N–H and O–H groups in total. The van der Waals surface area contributed by atoms with Gasteiger partial charge in [-0.1, -0.05) is 18.2 Å². The average molecular weight is 314 g/mol. The molecule has 3 rings (SSSR count). The van der Waals surface area contributed by atoms with Crippen molar-refractivity contribution in [2.45, 2.75) is 13.0 Å². The van der Waals surface area contributed by atoms with Gasteiger partial charge in [-0.2, -0.15) is 0 Å². The molecule has 0 bridgehead atoms. The van der Waals surface area contributed by atoms with Gasteiger partial charge in [0.05, 0.1) is 24.3 Å². The van der Waals surface area contributed by atoms with Gasteiger partial charge in [-0.25, -0.2) is 4.98 Å². The second-order valence-electron chi connectivity index (χ2n) is 5.81. The number of rotatable bonds is 5. The first kappa shape index (κ1) is 15.7. The van der Waals surface area contributed by atoms with E-state index in [0.29, 0.717) is 17.4 Å². The molecule has 0 aliphatic carbocycles. The molecule has 23 heavy (non-hydrogen) atoms. The third-order valence-corrected chi connectivity index (χ3v) is 4.23. The molecular formula is C17H22N4O2. The van der Waals surface area contributed by atoms with Gasteiger partial charge in [-0.05, 0) is 19.1 Å². The molecule has 1 aromatic carbocycles. The predicted octanol–water partition coefficient (Wildman–Crippen LogP) is 1.47. The minimum atomic E-state index is -0.437. The fourth-order valence-corrected chi connectivity index (χ4v) is 2.87. The number of carbonyl (C=O) groups excluding carboxylic acids is 1. The number of amides is 1. The van der Waals surface area contributed by atoms with Crippen LogP contribution in [0.15, 0.2) is 30.3 Å². The van der Waals surface area contributed by atoms with Crippen LogP contribution in [0, 0.1) is 0 Å². The van der Waals surface area contributed by atoms with Gasteiger partial charge in [0.15, 0.2) is 0 Å². The van der Waals surface area contributed by atoms with Crippen molar-refractivity contribution in [2.75, 3.05) is 38.2 Å². The third-order valence-electron chi connectivity index (χ3n) is 4.23. The molecule has 0 unspecified atom stereocenters. The lowest BCUT2D eigenvalue weighted by Gasteiger charge is -2.32. The maximum Gasteiger partial charge on any atom is 0.249 e. The lowest BCUT2D eigenvalue weighted by Crippen LogP contribution is -2.45. The summed E-state index contributed by atoms with van der Waals surface area (Å²) in [4.78, 5) is 18.7. The number of hydrogen-bond acceptors (Lipinski definition) is 5. The number of pyridine rings is 1. The zero-order valence-corrected chi connectivity index (χ0v) is 13.3. The van der Waals surface area contributed by atoms with Crippen LogP contribution in [-0.4, -0.2) is 54.7 Å². The smallest absolute Gasteiger partial charge is 0.249 e. The van der Waals surface area contributed by atoms with E-state index in [-0.39, 0.29) is 0 Å². The first-order valence-electron chi connectivity index (χ1n) is 7.90. The Balaban J connectivity index is 1.76. The molecule has 0 spiro atoms. The van der Waals surface area contributed by atoms with Crippen LogP contribution in [0.5, 0.6) is 0 Å². The van der Waals surface area contributed by atoms with Crippen molar-refractivity contribution < 1.29 is 9.53 Å². The monoisotopic (exact) mass is 314 g/mol. The van der Waals surface area contributed by atoms with Crippen molar-refractivity contribution in [1.82, 2.24) is 9.88 Å². The molecule has 1 atom stereocenters. The summed E-state index contributed by atoms with van der Waals surface area (Å²) >= 11 is 0. The fourth-order valence-electron chi connectivity index (χ4n) is 2.87. The highest BCUT2D eigenvalue weighted by atomic mass is 16.5. The first-order chi connectivity index (χ1) is 11.1. The Hall–Kier alpha value is -2.18. The van der Waals surface area contributed by atoms with Gasteiger partial charge in [-0.3, -0.25) is 9.69 Å². The van der Waals surface area contributed by atoms with E-state index in [1.165, 1.54) is 0 Å². The first-order valence-corrected chi connectivity index (χ1v) is 7.90. The van der Waals surface area contributed by atoms with Gasteiger partial charge in [0.1, 0.15) is 5.82 Å². The number of hydrogen-bond donors (Lipinski definition) is 2. The Labute approximate surface area is 135 Å². The Morgan fingerprint density at radius 2 is 2.13 bits per heavy atom. The Bertz CT molecular complexity index is 698. The molecule has 1 aliphatic heterocycles. The molecule has 6 heteroatoms. The topological polar surface area (TPSA) is 80.5 Å². The Morgan fingerprint density at radius 1 is 1.39 bits per heavy atom.